The summed E-state index contributed by atoms with van der Waals surface area (Å²) in [5, 5.41) is 12.4. The molecule has 0 radical (unpaired) electrons. The van der Waals surface area contributed by atoms with Crippen molar-refractivity contribution in [2.24, 2.45) is 0 Å². The summed E-state index contributed by atoms with van der Waals surface area (Å²) in [6, 6.07) is 8.84. The molecule has 2 amide bonds. The number of aromatic nitrogens is 3. The number of carbonyl (C=O) groups is 1. The van der Waals surface area contributed by atoms with E-state index < -0.39 is 35.4 Å². The number of hydrogen-bond donors (Lipinski definition) is 3. The highest BCUT2D eigenvalue weighted by Crippen LogP contribution is 2.50. The molecule has 1 atom stereocenters. The van der Waals surface area contributed by atoms with Gasteiger partial charge in [0.25, 0.3) is 0 Å². The summed E-state index contributed by atoms with van der Waals surface area (Å²) in [6.07, 6.45) is -2.71. The first-order chi connectivity index (χ1) is 20.0. The van der Waals surface area contributed by atoms with Gasteiger partial charge in [-0.25, -0.2) is 18.6 Å². The van der Waals surface area contributed by atoms with Gasteiger partial charge in [-0.15, -0.1) is 0 Å². The third-order valence-corrected chi connectivity index (χ3v) is 7.95. The maximum absolute atomic E-state index is 14.9. The maximum Gasteiger partial charge on any atom is 0.416 e. The average Bonchev–Trinajstić information content (AvgIpc) is 3.70. The molecule has 7 rings (SSSR count). The minimum absolute atomic E-state index is 0.0267. The summed E-state index contributed by atoms with van der Waals surface area (Å²) in [5.41, 5.74) is 2.20. The minimum atomic E-state index is -4.79. The van der Waals surface area contributed by atoms with Crippen LogP contribution in [0.4, 0.5) is 32.4 Å². The Kier molecular flexibility index (Phi) is 5.61. The molecule has 0 fully saturated rings. The number of benzene rings is 3. The molecular formula is C29H16ClF5N6O. The number of aromatic amines is 2. The van der Waals surface area contributed by atoms with Crippen LogP contribution in [0.2, 0.25) is 5.02 Å². The molecule has 1 unspecified atom stereocenters. The van der Waals surface area contributed by atoms with Crippen LogP contribution in [0, 0.1) is 23.0 Å². The topological polar surface area (TPSA) is 101 Å². The zero-order valence-corrected chi connectivity index (χ0v) is 21.9. The number of imidazole rings is 1. The van der Waals surface area contributed by atoms with Crippen LogP contribution in [0.25, 0.3) is 33.5 Å². The van der Waals surface area contributed by atoms with Crippen molar-refractivity contribution in [3.63, 3.8) is 0 Å². The van der Waals surface area contributed by atoms with E-state index in [0.29, 0.717) is 52.7 Å². The monoisotopic (exact) mass is 594 g/mol. The van der Waals surface area contributed by atoms with Crippen LogP contribution in [0.5, 0.6) is 0 Å². The molecule has 7 nitrogen and oxygen atoms in total. The van der Waals surface area contributed by atoms with Gasteiger partial charge < -0.3 is 15.3 Å². The Labute approximate surface area is 238 Å². The van der Waals surface area contributed by atoms with E-state index in [4.69, 9.17) is 11.6 Å². The second kappa shape index (κ2) is 9.06. The molecule has 2 aliphatic rings. The van der Waals surface area contributed by atoms with E-state index in [1.807, 2.05) is 6.07 Å². The molecule has 2 aliphatic heterocycles. The Morgan fingerprint density at radius 2 is 1.90 bits per heavy atom. The molecule has 42 heavy (non-hydrogen) atoms. The van der Waals surface area contributed by atoms with Crippen molar-refractivity contribution in [2.75, 3.05) is 11.4 Å². The SMILES string of the molecule is N#Cc1cc(-c2cc(-c3nc4c(F)cc(C(F)(F)F)cc4[nH]3)c3c4c2CCN4C(=O)NC3c2cc(F)ccc2Cl)c[nH]1. The number of carbonyl (C=O) groups excluding carboxylic acids is 1. The van der Waals surface area contributed by atoms with Crippen molar-refractivity contribution in [3.05, 3.63) is 93.3 Å². The Bertz CT molecular complexity index is 2010. The standard InChI is InChI=1S/C29H16ClF5N6O/c30-20-2-1-14(31)8-18(20)24-23-19(27-38-22-7-13(29(33,34)35)6-21(32)25(22)39-27)9-17(12-5-15(10-36)37-11-12)16-3-4-41(26(16)23)28(42)40-24/h1-2,5-9,11,24,37H,3-4H2,(H,38,39)(H,40,42). The van der Waals surface area contributed by atoms with Crippen LogP contribution >= 0.6 is 11.6 Å². The number of H-pyrrole nitrogens is 2. The summed E-state index contributed by atoms with van der Waals surface area (Å²) < 4.78 is 69.7. The van der Waals surface area contributed by atoms with Crippen molar-refractivity contribution < 1.29 is 26.7 Å². The van der Waals surface area contributed by atoms with Gasteiger partial charge in [0.1, 0.15) is 28.9 Å². The van der Waals surface area contributed by atoms with Gasteiger partial charge in [0.05, 0.1) is 22.8 Å². The minimum Gasteiger partial charge on any atom is -0.353 e. The second-order valence-electron chi connectivity index (χ2n) is 10.0. The van der Waals surface area contributed by atoms with E-state index in [0.717, 1.165) is 11.6 Å². The van der Waals surface area contributed by atoms with Gasteiger partial charge in [-0.1, -0.05) is 11.6 Å². The number of nitrogens with zero attached hydrogens (tertiary/aromatic N) is 3. The lowest BCUT2D eigenvalue weighted by molar-refractivity contribution is -0.137. The van der Waals surface area contributed by atoms with Crippen LogP contribution in [0.1, 0.15) is 34.0 Å². The zero-order valence-electron chi connectivity index (χ0n) is 21.1. The lowest BCUT2D eigenvalue weighted by Crippen LogP contribution is -2.46. The third-order valence-electron chi connectivity index (χ3n) is 7.61. The molecule has 0 saturated heterocycles. The van der Waals surface area contributed by atoms with E-state index in [1.54, 1.807) is 18.3 Å². The summed E-state index contributed by atoms with van der Waals surface area (Å²) in [6.45, 7) is 0.313. The van der Waals surface area contributed by atoms with Crippen molar-refractivity contribution >= 4 is 34.4 Å². The number of hydrogen-bond acceptors (Lipinski definition) is 3. The number of anilines is 1. The molecule has 4 heterocycles. The van der Waals surface area contributed by atoms with E-state index in [2.05, 4.69) is 20.3 Å². The maximum atomic E-state index is 14.9. The van der Waals surface area contributed by atoms with Crippen LogP contribution in [-0.4, -0.2) is 27.5 Å². The van der Waals surface area contributed by atoms with Gasteiger partial charge >= 0.3 is 12.2 Å². The molecule has 210 valence electrons. The number of nitriles is 1. The highest BCUT2D eigenvalue weighted by molar-refractivity contribution is 6.31. The van der Waals surface area contributed by atoms with E-state index in [1.165, 1.54) is 23.1 Å². The van der Waals surface area contributed by atoms with Gasteiger partial charge in [-0.3, -0.25) is 4.90 Å². The molecular weight excluding hydrogens is 579 g/mol. The summed E-state index contributed by atoms with van der Waals surface area (Å²) in [7, 11) is 0. The van der Waals surface area contributed by atoms with E-state index in [9.17, 15) is 32.0 Å². The third kappa shape index (κ3) is 3.92. The first-order valence-electron chi connectivity index (χ1n) is 12.6. The molecule has 0 saturated carbocycles. The van der Waals surface area contributed by atoms with Gasteiger partial charge in [-0.05, 0) is 60.0 Å². The van der Waals surface area contributed by atoms with Crippen LogP contribution in [-0.2, 0) is 12.6 Å². The smallest absolute Gasteiger partial charge is 0.353 e. The fraction of sp³-hybridized carbons (Fsp3) is 0.138. The predicted molar refractivity (Wildman–Crippen MR) is 144 cm³/mol. The second-order valence-corrected chi connectivity index (χ2v) is 10.4. The average molecular weight is 595 g/mol. The van der Waals surface area contributed by atoms with Gasteiger partial charge in [0, 0.05) is 40.0 Å². The fourth-order valence-corrected chi connectivity index (χ4v) is 6.02. The van der Waals surface area contributed by atoms with E-state index in [-0.39, 0.29) is 27.4 Å². The van der Waals surface area contributed by atoms with E-state index >= 15 is 0 Å². The number of fused-ring (bicyclic) bond motifs is 1. The lowest BCUT2D eigenvalue weighted by atomic mass is 9.85. The van der Waals surface area contributed by atoms with Crippen molar-refractivity contribution in [1.29, 1.82) is 5.26 Å². The molecule has 2 aromatic heterocycles. The molecule has 0 spiro atoms. The number of rotatable bonds is 3. The van der Waals surface area contributed by atoms with Crippen LogP contribution in [0.15, 0.2) is 48.7 Å². The fourth-order valence-electron chi connectivity index (χ4n) is 5.80. The summed E-state index contributed by atoms with van der Waals surface area (Å²) in [5.74, 6) is -1.73. The number of urea groups is 1. The first-order valence-corrected chi connectivity index (χ1v) is 13.0. The highest BCUT2D eigenvalue weighted by Gasteiger charge is 2.41. The van der Waals surface area contributed by atoms with Gasteiger partial charge in [0.2, 0.25) is 0 Å². The lowest BCUT2D eigenvalue weighted by Gasteiger charge is -2.35. The normalized spacial score (nSPS) is 16.1. The molecule has 3 aromatic carbocycles. The molecule has 0 bridgehead atoms. The molecule has 5 aromatic rings. The molecule has 0 aliphatic carbocycles. The van der Waals surface area contributed by atoms with Crippen molar-refractivity contribution in [1.82, 2.24) is 20.3 Å². The molecule has 3 N–H and O–H groups in total. The Morgan fingerprint density at radius 1 is 1.10 bits per heavy atom. The Hall–Kier alpha value is -4.89. The summed E-state index contributed by atoms with van der Waals surface area (Å²) in [4.78, 5) is 24.9. The summed E-state index contributed by atoms with van der Waals surface area (Å²) >= 11 is 6.48. The van der Waals surface area contributed by atoms with Gasteiger partial charge in [0.15, 0.2) is 5.82 Å². The number of nitrogens with one attached hydrogen (secondary N) is 3. The van der Waals surface area contributed by atoms with Crippen molar-refractivity contribution in [3.8, 4) is 28.6 Å². The van der Waals surface area contributed by atoms with Crippen molar-refractivity contribution in [2.45, 2.75) is 18.6 Å². The van der Waals surface area contributed by atoms with Crippen LogP contribution < -0.4 is 10.2 Å². The van der Waals surface area contributed by atoms with Crippen LogP contribution in [0.3, 0.4) is 0 Å². The first kappa shape index (κ1) is 26.0. The zero-order chi connectivity index (χ0) is 29.5. The predicted octanol–water partition coefficient (Wildman–Crippen LogP) is 7.22. The largest absolute Gasteiger partial charge is 0.416 e. The number of amides is 2. The Balaban J connectivity index is 1.55. The highest BCUT2D eigenvalue weighted by atomic mass is 35.5. The number of halogens is 6. The number of alkyl halides is 3. The quantitative estimate of drug-likeness (QED) is 0.192. The van der Waals surface area contributed by atoms with Gasteiger partial charge in [-0.2, -0.15) is 18.4 Å². The Morgan fingerprint density at radius 3 is 2.64 bits per heavy atom. The molecule has 13 heteroatoms.